The summed E-state index contributed by atoms with van der Waals surface area (Å²) in [5, 5.41) is 11.3. The number of carbonyl (C=O) groups excluding carboxylic acids is 1. The number of halogens is 2. The Bertz CT molecular complexity index is 434. The Labute approximate surface area is 101 Å². The second-order valence-electron chi connectivity index (χ2n) is 5.54. The van der Waals surface area contributed by atoms with E-state index in [1.807, 2.05) is 0 Å². The predicted octanol–water partition coefficient (Wildman–Crippen LogP) is 1.23. The molecule has 0 aromatic carbocycles. The maximum atomic E-state index is 13.4. The zero-order valence-electron chi connectivity index (χ0n) is 9.70. The lowest BCUT2D eigenvalue weighted by Crippen LogP contribution is -2.47. The van der Waals surface area contributed by atoms with E-state index in [2.05, 4.69) is 10.1 Å². The van der Waals surface area contributed by atoms with Crippen molar-refractivity contribution in [1.82, 2.24) is 5.32 Å². The Morgan fingerprint density at radius 1 is 1.39 bits per heavy atom. The highest BCUT2D eigenvalue weighted by molar-refractivity contribution is 5.80. The first-order valence-electron chi connectivity index (χ1n) is 5.76. The van der Waals surface area contributed by atoms with Crippen LogP contribution in [0.4, 0.5) is 13.6 Å². The minimum Gasteiger partial charge on any atom is -0.480 e. The Morgan fingerprint density at radius 3 is 2.33 bits per heavy atom. The van der Waals surface area contributed by atoms with Gasteiger partial charge in [-0.3, -0.25) is 0 Å². The summed E-state index contributed by atoms with van der Waals surface area (Å²) in [5.74, 6) is -4.26. The van der Waals surface area contributed by atoms with Gasteiger partial charge in [0.15, 0.2) is 0 Å². The summed E-state index contributed by atoms with van der Waals surface area (Å²) in [5.41, 5.74) is -1.92. The van der Waals surface area contributed by atoms with E-state index in [0.717, 1.165) is 7.11 Å². The van der Waals surface area contributed by atoms with Crippen LogP contribution in [0.2, 0.25) is 0 Å². The fraction of sp³-hybridized carbons (Fsp3) is 0.818. The first-order chi connectivity index (χ1) is 8.31. The van der Waals surface area contributed by atoms with Gasteiger partial charge in [-0.1, -0.05) is 0 Å². The van der Waals surface area contributed by atoms with Gasteiger partial charge in [-0.25, -0.2) is 18.4 Å². The molecule has 3 rings (SSSR count). The summed E-state index contributed by atoms with van der Waals surface area (Å²) < 4.78 is 31.1. The topological polar surface area (TPSA) is 75.6 Å². The SMILES string of the molecule is COC(=O)NC(C(=O)O)C1CC23CC2(C1)C3(F)F. The molecular formula is C11H13F2NO4. The minimum atomic E-state index is -2.62. The predicted molar refractivity (Wildman–Crippen MR) is 54.1 cm³/mol. The molecular weight excluding hydrogens is 248 g/mol. The van der Waals surface area contributed by atoms with Crippen molar-refractivity contribution in [3.63, 3.8) is 0 Å². The zero-order valence-corrected chi connectivity index (χ0v) is 9.70. The number of hydrogen-bond donors (Lipinski definition) is 2. The molecule has 3 saturated carbocycles. The van der Waals surface area contributed by atoms with Crippen molar-refractivity contribution in [2.45, 2.75) is 31.2 Å². The van der Waals surface area contributed by atoms with Crippen LogP contribution >= 0.6 is 0 Å². The van der Waals surface area contributed by atoms with E-state index in [9.17, 15) is 18.4 Å². The number of alkyl carbamates (subject to hydrolysis) is 1. The second-order valence-corrected chi connectivity index (χ2v) is 5.54. The highest BCUT2D eigenvalue weighted by atomic mass is 19.3. The normalized spacial score (nSPS) is 43.4. The van der Waals surface area contributed by atoms with E-state index in [1.54, 1.807) is 0 Å². The van der Waals surface area contributed by atoms with Crippen molar-refractivity contribution in [3.8, 4) is 0 Å². The molecule has 0 spiro atoms. The molecule has 100 valence electrons. The average molecular weight is 261 g/mol. The number of nitrogens with one attached hydrogen (secondary N) is 1. The number of rotatable bonds is 3. The molecule has 0 heterocycles. The second kappa shape index (κ2) is 2.95. The van der Waals surface area contributed by atoms with Crippen LogP contribution in [0, 0.1) is 16.7 Å². The monoisotopic (exact) mass is 261 g/mol. The first kappa shape index (κ1) is 11.7. The largest absolute Gasteiger partial charge is 0.480 e. The van der Waals surface area contributed by atoms with Gasteiger partial charge in [-0.05, 0) is 25.2 Å². The molecule has 0 saturated heterocycles. The van der Waals surface area contributed by atoms with Crippen molar-refractivity contribution in [2.75, 3.05) is 7.11 Å². The third kappa shape index (κ3) is 1.01. The smallest absolute Gasteiger partial charge is 0.407 e. The van der Waals surface area contributed by atoms with Gasteiger partial charge in [0.1, 0.15) is 6.04 Å². The molecule has 3 aliphatic rings. The van der Waals surface area contributed by atoms with E-state index in [4.69, 9.17) is 5.11 Å². The van der Waals surface area contributed by atoms with Gasteiger partial charge in [0.25, 0.3) is 5.92 Å². The van der Waals surface area contributed by atoms with Crippen molar-refractivity contribution in [1.29, 1.82) is 0 Å². The van der Waals surface area contributed by atoms with E-state index in [-0.39, 0.29) is 12.8 Å². The van der Waals surface area contributed by atoms with E-state index in [0.29, 0.717) is 6.42 Å². The molecule has 0 bridgehead atoms. The van der Waals surface area contributed by atoms with Crippen LogP contribution in [0.5, 0.6) is 0 Å². The van der Waals surface area contributed by atoms with Crippen molar-refractivity contribution < 1.29 is 28.2 Å². The van der Waals surface area contributed by atoms with Crippen LogP contribution in [-0.2, 0) is 9.53 Å². The molecule has 0 radical (unpaired) electrons. The van der Waals surface area contributed by atoms with Crippen LogP contribution in [0.15, 0.2) is 0 Å². The fourth-order valence-corrected chi connectivity index (χ4v) is 3.89. The number of amides is 1. The summed E-state index contributed by atoms with van der Waals surface area (Å²) >= 11 is 0. The Morgan fingerprint density at radius 2 is 1.94 bits per heavy atom. The van der Waals surface area contributed by atoms with Gasteiger partial charge in [0.05, 0.1) is 7.11 Å². The van der Waals surface area contributed by atoms with Crippen molar-refractivity contribution in [3.05, 3.63) is 0 Å². The van der Waals surface area contributed by atoms with Crippen molar-refractivity contribution in [2.24, 2.45) is 16.7 Å². The van der Waals surface area contributed by atoms with Crippen LogP contribution in [0.3, 0.4) is 0 Å². The molecule has 2 N–H and O–H groups in total. The maximum Gasteiger partial charge on any atom is 0.407 e. The van der Waals surface area contributed by atoms with E-state index in [1.165, 1.54) is 0 Å². The van der Waals surface area contributed by atoms with E-state index >= 15 is 0 Å². The lowest BCUT2D eigenvalue weighted by Gasteiger charge is -2.29. The molecule has 0 aliphatic heterocycles. The van der Waals surface area contributed by atoms with Crippen LogP contribution in [0.1, 0.15) is 19.3 Å². The molecule has 5 nitrogen and oxygen atoms in total. The van der Waals surface area contributed by atoms with Gasteiger partial charge in [0, 0.05) is 10.8 Å². The number of hydrogen-bond acceptors (Lipinski definition) is 3. The maximum absolute atomic E-state index is 13.4. The summed E-state index contributed by atoms with van der Waals surface area (Å²) in [4.78, 5) is 22.1. The Kier molecular flexibility index (Phi) is 1.91. The zero-order chi connectivity index (χ0) is 13.3. The van der Waals surface area contributed by atoms with Crippen LogP contribution < -0.4 is 5.32 Å². The highest BCUT2D eigenvalue weighted by Gasteiger charge is 3.05. The summed E-state index contributed by atoms with van der Waals surface area (Å²) in [6.45, 7) is 0. The summed E-state index contributed by atoms with van der Waals surface area (Å²) in [7, 11) is 1.13. The molecule has 18 heavy (non-hydrogen) atoms. The quantitative estimate of drug-likeness (QED) is 0.801. The summed E-state index contributed by atoms with van der Waals surface area (Å²) in [6, 6.07) is -1.14. The lowest BCUT2D eigenvalue weighted by atomic mass is 9.83. The van der Waals surface area contributed by atoms with Gasteiger partial charge in [0.2, 0.25) is 0 Å². The number of carbonyl (C=O) groups is 2. The van der Waals surface area contributed by atoms with Gasteiger partial charge in [-0.15, -0.1) is 0 Å². The first-order valence-corrected chi connectivity index (χ1v) is 5.76. The highest BCUT2D eigenvalue weighted by Crippen LogP contribution is 3.01. The number of carboxylic acids is 1. The van der Waals surface area contributed by atoms with Crippen LogP contribution in [-0.4, -0.2) is 36.2 Å². The van der Waals surface area contributed by atoms with Crippen molar-refractivity contribution >= 4 is 12.1 Å². The molecule has 3 fully saturated rings. The lowest BCUT2D eigenvalue weighted by molar-refractivity contribution is -0.141. The molecule has 0 aromatic rings. The van der Waals surface area contributed by atoms with Gasteiger partial charge < -0.3 is 15.2 Å². The molecule has 3 aliphatic carbocycles. The standard InChI is InChI=1S/C11H13F2NO4/c1-18-8(17)14-6(7(15)16)5-2-9-4-10(9,3-5)11(9,12)13/h5-6H,2-4H2,1H3,(H,14,17)(H,15,16). The Hall–Kier alpha value is -1.40. The third-order valence-corrected chi connectivity index (χ3v) is 4.95. The van der Waals surface area contributed by atoms with E-state index < -0.39 is 40.8 Å². The summed E-state index contributed by atoms with van der Waals surface area (Å²) in [6.07, 6.45) is -0.0193. The molecule has 3 unspecified atom stereocenters. The van der Waals surface area contributed by atoms with Crippen LogP contribution in [0.25, 0.3) is 0 Å². The molecule has 7 heteroatoms. The number of methoxy groups -OCH3 is 1. The molecule has 1 amide bonds. The number of aliphatic carboxylic acids is 1. The van der Waals surface area contributed by atoms with Gasteiger partial charge >= 0.3 is 12.1 Å². The number of carboxylic acid groups (broad SMARTS) is 1. The third-order valence-electron chi connectivity index (χ3n) is 4.95. The Balaban J connectivity index is 1.69. The molecule has 3 atom stereocenters. The minimum absolute atomic E-state index is 0.168. The molecule has 0 aromatic heterocycles. The fourth-order valence-electron chi connectivity index (χ4n) is 3.89. The van der Waals surface area contributed by atoms with Gasteiger partial charge in [-0.2, -0.15) is 0 Å². The number of ether oxygens (including phenoxy) is 1. The number of alkyl halides is 2. The average Bonchev–Trinajstić information content (AvgIpc) is 2.98.